The van der Waals surface area contributed by atoms with Gasteiger partial charge in [0.15, 0.2) is 0 Å². The Kier molecular flexibility index (Phi) is 3.60. The summed E-state index contributed by atoms with van der Waals surface area (Å²) in [6.07, 6.45) is 7.24. The molecule has 0 bridgehead atoms. The van der Waals surface area contributed by atoms with Gasteiger partial charge >= 0.3 is 0 Å². The lowest BCUT2D eigenvalue weighted by atomic mass is 10.0. The second-order valence-corrected chi connectivity index (χ2v) is 6.84. The Balaban J connectivity index is 1.46. The molecule has 2 aliphatic carbocycles. The third kappa shape index (κ3) is 3.74. The molecule has 0 aromatic heterocycles. The molecule has 0 unspecified atom stereocenters. The molecule has 0 amide bonds. The Hall–Kier alpha value is -0.0800. The van der Waals surface area contributed by atoms with E-state index >= 15 is 0 Å². The van der Waals surface area contributed by atoms with Crippen LogP contribution in [0, 0.1) is 11.3 Å². The van der Waals surface area contributed by atoms with E-state index in [4.69, 9.17) is 0 Å². The Bertz CT molecular complexity index is 221. The van der Waals surface area contributed by atoms with E-state index in [1.54, 1.807) is 0 Å². The standard InChI is InChI=1S/C14H28N2/c1-13(2,3)16-10-4-9-15-11-14(7-8-14)12-5-6-12/h12,15-16H,4-11H2,1-3H3. The van der Waals surface area contributed by atoms with Gasteiger partial charge in [0.2, 0.25) is 0 Å². The first-order valence-electron chi connectivity index (χ1n) is 6.98. The normalized spacial score (nSPS) is 23.4. The van der Waals surface area contributed by atoms with Gasteiger partial charge in [0, 0.05) is 12.1 Å². The fraction of sp³-hybridized carbons (Fsp3) is 1.00. The summed E-state index contributed by atoms with van der Waals surface area (Å²) in [7, 11) is 0. The monoisotopic (exact) mass is 224 g/mol. The zero-order chi connectivity index (χ0) is 11.6. The molecule has 0 atom stereocenters. The first-order chi connectivity index (χ1) is 7.52. The van der Waals surface area contributed by atoms with Crippen LogP contribution in [0.4, 0.5) is 0 Å². The quantitative estimate of drug-likeness (QED) is 0.649. The van der Waals surface area contributed by atoms with Crippen molar-refractivity contribution in [3.05, 3.63) is 0 Å². The molecule has 2 N–H and O–H groups in total. The Morgan fingerprint density at radius 1 is 1.12 bits per heavy atom. The molecule has 0 heterocycles. The van der Waals surface area contributed by atoms with E-state index in [1.807, 2.05) is 0 Å². The Morgan fingerprint density at radius 2 is 1.81 bits per heavy atom. The number of rotatable bonds is 7. The highest BCUT2D eigenvalue weighted by molar-refractivity contribution is 5.04. The predicted molar refractivity (Wildman–Crippen MR) is 69.6 cm³/mol. The van der Waals surface area contributed by atoms with Crippen LogP contribution in [0.5, 0.6) is 0 Å². The topological polar surface area (TPSA) is 24.1 Å². The summed E-state index contributed by atoms with van der Waals surface area (Å²) in [6, 6.07) is 0. The zero-order valence-corrected chi connectivity index (χ0v) is 11.2. The summed E-state index contributed by atoms with van der Waals surface area (Å²) in [5.74, 6) is 1.09. The van der Waals surface area contributed by atoms with Gasteiger partial charge in [0.05, 0.1) is 0 Å². The van der Waals surface area contributed by atoms with Gasteiger partial charge in [-0.15, -0.1) is 0 Å². The maximum atomic E-state index is 3.66. The summed E-state index contributed by atoms with van der Waals surface area (Å²) >= 11 is 0. The molecule has 94 valence electrons. The highest BCUT2D eigenvalue weighted by atomic mass is 15.0. The lowest BCUT2D eigenvalue weighted by Crippen LogP contribution is -2.37. The minimum Gasteiger partial charge on any atom is -0.316 e. The van der Waals surface area contributed by atoms with Crippen LogP contribution in [0.15, 0.2) is 0 Å². The first kappa shape index (κ1) is 12.4. The van der Waals surface area contributed by atoms with Crippen LogP contribution < -0.4 is 10.6 Å². The van der Waals surface area contributed by atoms with E-state index in [-0.39, 0.29) is 5.54 Å². The second-order valence-electron chi connectivity index (χ2n) is 6.84. The van der Waals surface area contributed by atoms with Crippen LogP contribution in [-0.4, -0.2) is 25.2 Å². The average Bonchev–Trinajstić information content (AvgIpc) is 2.97. The Labute approximate surface area is 101 Å². The minimum atomic E-state index is 0.270. The smallest absolute Gasteiger partial charge is 0.00965 e. The van der Waals surface area contributed by atoms with E-state index in [1.165, 1.54) is 45.2 Å². The van der Waals surface area contributed by atoms with E-state index in [0.29, 0.717) is 0 Å². The highest BCUT2D eigenvalue weighted by Crippen LogP contribution is 2.60. The fourth-order valence-corrected chi connectivity index (χ4v) is 2.60. The maximum Gasteiger partial charge on any atom is 0.00965 e. The number of nitrogens with one attached hydrogen (secondary N) is 2. The molecule has 2 rings (SSSR count). The van der Waals surface area contributed by atoms with E-state index < -0.39 is 0 Å². The SMILES string of the molecule is CC(C)(C)NCCCNCC1(C2CC2)CC1. The third-order valence-corrected chi connectivity index (χ3v) is 4.00. The molecular weight excluding hydrogens is 196 g/mol. The highest BCUT2D eigenvalue weighted by Gasteiger charge is 2.52. The second kappa shape index (κ2) is 4.66. The molecule has 2 heteroatoms. The molecule has 0 aromatic rings. The molecule has 2 aliphatic rings. The van der Waals surface area contributed by atoms with Crippen molar-refractivity contribution in [2.75, 3.05) is 19.6 Å². The molecule has 16 heavy (non-hydrogen) atoms. The number of hydrogen-bond acceptors (Lipinski definition) is 2. The largest absolute Gasteiger partial charge is 0.316 e. The third-order valence-electron chi connectivity index (χ3n) is 4.00. The lowest BCUT2D eigenvalue weighted by molar-refractivity contribution is 0.388. The van der Waals surface area contributed by atoms with Gasteiger partial charge in [-0.25, -0.2) is 0 Å². The summed E-state index contributed by atoms with van der Waals surface area (Å²) < 4.78 is 0. The molecule has 0 saturated heterocycles. The molecule has 2 nitrogen and oxygen atoms in total. The van der Waals surface area contributed by atoms with Gasteiger partial charge in [-0.3, -0.25) is 0 Å². The van der Waals surface area contributed by atoms with Crippen LogP contribution in [0.1, 0.15) is 52.9 Å². The lowest BCUT2D eigenvalue weighted by Gasteiger charge is -2.21. The van der Waals surface area contributed by atoms with E-state index in [0.717, 1.165) is 17.9 Å². The van der Waals surface area contributed by atoms with Crippen LogP contribution in [0.25, 0.3) is 0 Å². The summed E-state index contributed by atoms with van der Waals surface area (Å²) in [5, 5.41) is 7.19. The first-order valence-corrected chi connectivity index (χ1v) is 6.98. The van der Waals surface area contributed by atoms with Crippen LogP contribution in [0.2, 0.25) is 0 Å². The van der Waals surface area contributed by atoms with Gasteiger partial charge < -0.3 is 10.6 Å². The van der Waals surface area contributed by atoms with Gasteiger partial charge in [-0.05, 0) is 77.3 Å². The molecular formula is C14H28N2. The van der Waals surface area contributed by atoms with Gasteiger partial charge in [0.25, 0.3) is 0 Å². The van der Waals surface area contributed by atoms with Crippen LogP contribution in [0.3, 0.4) is 0 Å². The molecule has 0 radical (unpaired) electrons. The molecule has 0 aromatic carbocycles. The molecule has 2 saturated carbocycles. The summed E-state index contributed by atoms with van der Waals surface area (Å²) in [5.41, 5.74) is 1.03. The van der Waals surface area contributed by atoms with Gasteiger partial charge in [-0.1, -0.05) is 0 Å². The zero-order valence-electron chi connectivity index (χ0n) is 11.2. The van der Waals surface area contributed by atoms with Crippen LogP contribution in [-0.2, 0) is 0 Å². The molecule has 0 spiro atoms. The van der Waals surface area contributed by atoms with Crippen molar-refractivity contribution >= 4 is 0 Å². The number of hydrogen-bond donors (Lipinski definition) is 2. The summed E-state index contributed by atoms with van der Waals surface area (Å²) in [4.78, 5) is 0. The molecule has 2 fully saturated rings. The van der Waals surface area contributed by atoms with Crippen molar-refractivity contribution in [1.82, 2.24) is 10.6 Å². The average molecular weight is 224 g/mol. The van der Waals surface area contributed by atoms with E-state index in [9.17, 15) is 0 Å². The van der Waals surface area contributed by atoms with Crippen molar-refractivity contribution in [3.8, 4) is 0 Å². The Morgan fingerprint density at radius 3 is 2.31 bits per heavy atom. The van der Waals surface area contributed by atoms with Gasteiger partial charge in [0.1, 0.15) is 0 Å². The van der Waals surface area contributed by atoms with Crippen molar-refractivity contribution in [2.24, 2.45) is 11.3 Å². The van der Waals surface area contributed by atoms with Crippen molar-refractivity contribution in [3.63, 3.8) is 0 Å². The molecule has 0 aliphatic heterocycles. The van der Waals surface area contributed by atoms with Crippen molar-refractivity contribution in [2.45, 2.75) is 58.4 Å². The van der Waals surface area contributed by atoms with E-state index in [2.05, 4.69) is 31.4 Å². The van der Waals surface area contributed by atoms with Crippen LogP contribution >= 0.6 is 0 Å². The fourth-order valence-electron chi connectivity index (χ4n) is 2.60. The van der Waals surface area contributed by atoms with Crippen molar-refractivity contribution in [1.29, 1.82) is 0 Å². The van der Waals surface area contributed by atoms with Gasteiger partial charge in [-0.2, -0.15) is 0 Å². The van der Waals surface area contributed by atoms with Crippen molar-refractivity contribution < 1.29 is 0 Å². The summed E-state index contributed by atoms with van der Waals surface area (Å²) in [6.45, 7) is 10.3. The maximum absolute atomic E-state index is 3.66. The predicted octanol–water partition coefficient (Wildman–Crippen LogP) is 2.54. The minimum absolute atomic E-state index is 0.270.